The summed E-state index contributed by atoms with van der Waals surface area (Å²) in [6, 6.07) is 13.5. The maximum absolute atomic E-state index is 9.26. The van der Waals surface area contributed by atoms with Crippen molar-refractivity contribution in [3.8, 4) is 5.75 Å². The Morgan fingerprint density at radius 2 is 1.84 bits per heavy atom. The Morgan fingerprint density at radius 3 is 2.47 bits per heavy atom. The van der Waals surface area contributed by atoms with Crippen LogP contribution in [0.25, 0.3) is 0 Å². The predicted molar refractivity (Wildman–Crippen MR) is 81.1 cm³/mol. The fourth-order valence-corrected chi connectivity index (χ4v) is 2.32. The molecule has 0 spiro atoms. The normalized spacial score (nSPS) is 12.2. The van der Waals surface area contributed by atoms with E-state index in [0.717, 1.165) is 22.7 Å². The summed E-state index contributed by atoms with van der Waals surface area (Å²) in [4.78, 5) is 0. The molecular weight excluding hydrogens is 258 g/mol. The van der Waals surface area contributed by atoms with Gasteiger partial charge in [0.2, 0.25) is 0 Å². The third-order valence-corrected chi connectivity index (χ3v) is 3.30. The Morgan fingerprint density at radius 1 is 1.16 bits per heavy atom. The highest BCUT2D eigenvalue weighted by atomic mass is 35.5. The number of halogens is 1. The molecule has 2 aromatic carbocycles. The van der Waals surface area contributed by atoms with Crippen molar-refractivity contribution in [3.05, 3.63) is 58.6 Å². The van der Waals surface area contributed by atoms with Crippen LogP contribution in [0.15, 0.2) is 42.5 Å². The number of aromatic hydroxyl groups is 1. The van der Waals surface area contributed by atoms with E-state index >= 15 is 0 Å². The van der Waals surface area contributed by atoms with Crippen molar-refractivity contribution < 1.29 is 5.11 Å². The van der Waals surface area contributed by atoms with Gasteiger partial charge < -0.3 is 10.4 Å². The number of hydrogen-bond donors (Lipinski definition) is 2. The summed E-state index contributed by atoms with van der Waals surface area (Å²) >= 11 is 5.95. The highest BCUT2D eigenvalue weighted by molar-refractivity contribution is 6.30. The minimum absolute atomic E-state index is 0.304. The number of rotatable bonds is 4. The summed E-state index contributed by atoms with van der Waals surface area (Å²) in [6.45, 7) is 4.18. The molecule has 0 aliphatic carbocycles. The molecule has 0 fully saturated rings. The second-order valence-corrected chi connectivity index (χ2v) is 5.31. The topological polar surface area (TPSA) is 32.3 Å². The van der Waals surface area contributed by atoms with Crippen LogP contribution in [-0.2, 0) is 6.42 Å². The van der Waals surface area contributed by atoms with E-state index < -0.39 is 0 Å². The first-order valence-electron chi connectivity index (χ1n) is 6.35. The summed E-state index contributed by atoms with van der Waals surface area (Å²) in [5.74, 6) is 0.304. The number of nitrogens with one attached hydrogen (secondary N) is 1. The Hall–Kier alpha value is -1.67. The molecule has 2 rings (SSSR count). The van der Waals surface area contributed by atoms with Gasteiger partial charge in [-0.15, -0.1) is 0 Å². The maximum atomic E-state index is 9.26. The zero-order chi connectivity index (χ0) is 13.8. The van der Waals surface area contributed by atoms with Gasteiger partial charge in [-0.2, -0.15) is 0 Å². The fourth-order valence-electron chi connectivity index (χ4n) is 2.09. The van der Waals surface area contributed by atoms with Crippen molar-refractivity contribution in [2.24, 2.45) is 0 Å². The molecule has 2 nitrogen and oxygen atoms in total. The first-order valence-corrected chi connectivity index (χ1v) is 6.73. The molecule has 0 aromatic heterocycles. The molecule has 2 N–H and O–H groups in total. The highest BCUT2D eigenvalue weighted by Gasteiger charge is 2.06. The SMILES string of the molecule is Cc1cc(Cl)ccc1NC(C)Cc1ccc(O)cc1. The summed E-state index contributed by atoms with van der Waals surface area (Å²) < 4.78 is 0. The van der Waals surface area contributed by atoms with E-state index in [2.05, 4.69) is 12.2 Å². The molecule has 1 unspecified atom stereocenters. The lowest BCUT2D eigenvalue weighted by Gasteiger charge is -2.17. The van der Waals surface area contributed by atoms with Gasteiger partial charge in [0.1, 0.15) is 5.75 Å². The maximum Gasteiger partial charge on any atom is 0.115 e. The second kappa shape index (κ2) is 5.98. The number of anilines is 1. The molecule has 0 amide bonds. The molecule has 0 radical (unpaired) electrons. The third-order valence-electron chi connectivity index (χ3n) is 3.07. The molecule has 0 aliphatic rings. The lowest BCUT2D eigenvalue weighted by molar-refractivity contribution is 0.475. The Balaban J connectivity index is 2.01. The lowest BCUT2D eigenvalue weighted by Crippen LogP contribution is -2.18. The lowest BCUT2D eigenvalue weighted by atomic mass is 10.1. The van der Waals surface area contributed by atoms with E-state index in [1.165, 1.54) is 5.56 Å². The van der Waals surface area contributed by atoms with Crippen LogP contribution in [0.5, 0.6) is 5.75 Å². The monoisotopic (exact) mass is 275 g/mol. The van der Waals surface area contributed by atoms with Crippen LogP contribution >= 0.6 is 11.6 Å². The number of phenols is 1. The van der Waals surface area contributed by atoms with Crippen LogP contribution in [0.2, 0.25) is 5.02 Å². The molecule has 2 aromatic rings. The van der Waals surface area contributed by atoms with Gasteiger partial charge in [0.05, 0.1) is 0 Å². The van der Waals surface area contributed by atoms with E-state index in [-0.39, 0.29) is 0 Å². The fraction of sp³-hybridized carbons (Fsp3) is 0.250. The van der Waals surface area contributed by atoms with Crippen molar-refractivity contribution in [1.29, 1.82) is 0 Å². The van der Waals surface area contributed by atoms with E-state index in [4.69, 9.17) is 11.6 Å². The molecule has 0 heterocycles. The van der Waals surface area contributed by atoms with Crippen LogP contribution in [0.3, 0.4) is 0 Å². The molecule has 1 atom stereocenters. The van der Waals surface area contributed by atoms with Crippen LogP contribution in [-0.4, -0.2) is 11.1 Å². The minimum Gasteiger partial charge on any atom is -0.508 e. The third kappa shape index (κ3) is 3.90. The summed E-state index contributed by atoms with van der Waals surface area (Å²) in [5, 5.41) is 13.5. The number of phenolic OH excluding ortho intramolecular Hbond substituents is 1. The Labute approximate surface area is 119 Å². The van der Waals surface area contributed by atoms with E-state index in [0.29, 0.717) is 11.8 Å². The quantitative estimate of drug-likeness (QED) is 0.867. The molecule has 0 aliphatic heterocycles. The zero-order valence-corrected chi connectivity index (χ0v) is 11.9. The molecule has 0 saturated heterocycles. The number of aryl methyl sites for hydroxylation is 1. The Kier molecular flexibility index (Phi) is 4.33. The molecule has 3 heteroatoms. The number of benzene rings is 2. The zero-order valence-electron chi connectivity index (χ0n) is 11.2. The van der Waals surface area contributed by atoms with E-state index in [1.807, 2.05) is 37.3 Å². The summed E-state index contributed by atoms with van der Waals surface area (Å²) in [7, 11) is 0. The first-order chi connectivity index (χ1) is 9.04. The van der Waals surface area contributed by atoms with Crippen molar-refractivity contribution in [2.75, 3.05) is 5.32 Å². The Bertz CT molecular complexity index is 551. The van der Waals surface area contributed by atoms with Crippen LogP contribution in [0, 0.1) is 6.92 Å². The van der Waals surface area contributed by atoms with Crippen LogP contribution in [0.4, 0.5) is 5.69 Å². The van der Waals surface area contributed by atoms with Gasteiger partial charge in [0.25, 0.3) is 0 Å². The van der Waals surface area contributed by atoms with Crippen LogP contribution < -0.4 is 5.32 Å². The molecular formula is C16H18ClNO. The van der Waals surface area contributed by atoms with Gasteiger partial charge in [0.15, 0.2) is 0 Å². The highest BCUT2D eigenvalue weighted by Crippen LogP contribution is 2.21. The van der Waals surface area contributed by atoms with Crippen molar-refractivity contribution in [3.63, 3.8) is 0 Å². The van der Waals surface area contributed by atoms with Gasteiger partial charge >= 0.3 is 0 Å². The molecule has 0 bridgehead atoms. The largest absolute Gasteiger partial charge is 0.508 e. The van der Waals surface area contributed by atoms with E-state index in [9.17, 15) is 5.11 Å². The van der Waals surface area contributed by atoms with Gasteiger partial charge in [-0.1, -0.05) is 23.7 Å². The summed E-state index contributed by atoms with van der Waals surface area (Å²) in [6.07, 6.45) is 0.905. The van der Waals surface area contributed by atoms with Gasteiger partial charge in [-0.3, -0.25) is 0 Å². The van der Waals surface area contributed by atoms with Crippen molar-refractivity contribution >= 4 is 17.3 Å². The smallest absolute Gasteiger partial charge is 0.115 e. The van der Waals surface area contributed by atoms with Gasteiger partial charge in [-0.05, 0) is 61.7 Å². The average Bonchev–Trinajstić information content (AvgIpc) is 2.36. The first kappa shape index (κ1) is 13.8. The molecule has 100 valence electrons. The average molecular weight is 276 g/mol. The molecule has 0 saturated carbocycles. The molecule has 19 heavy (non-hydrogen) atoms. The van der Waals surface area contributed by atoms with Crippen molar-refractivity contribution in [2.45, 2.75) is 26.3 Å². The standard InChI is InChI=1S/C16H18ClNO/c1-11-9-14(17)5-8-16(11)18-12(2)10-13-3-6-15(19)7-4-13/h3-9,12,18-19H,10H2,1-2H3. The predicted octanol–water partition coefficient (Wildman–Crippen LogP) is 4.40. The van der Waals surface area contributed by atoms with Crippen molar-refractivity contribution in [1.82, 2.24) is 0 Å². The summed E-state index contributed by atoms with van der Waals surface area (Å²) in [5.41, 5.74) is 3.45. The van der Waals surface area contributed by atoms with Gasteiger partial charge in [-0.25, -0.2) is 0 Å². The minimum atomic E-state index is 0.304. The van der Waals surface area contributed by atoms with E-state index in [1.54, 1.807) is 12.1 Å². The number of hydrogen-bond acceptors (Lipinski definition) is 2. The van der Waals surface area contributed by atoms with Crippen LogP contribution in [0.1, 0.15) is 18.1 Å². The second-order valence-electron chi connectivity index (χ2n) is 4.88. The van der Waals surface area contributed by atoms with Gasteiger partial charge in [0, 0.05) is 16.8 Å².